The molecule has 78 valence electrons. The summed E-state index contributed by atoms with van der Waals surface area (Å²) in [5.41, 5.74) is 0.648. The predicted molar refractivity (Wildman–Crippen MR) is 56.2 cm³/mol. The summed E-state index contributed by atoms with van der Waals surface area (Å²) in [7, 11) is 0. The minimum absolute atomic E-state index is 0.235. The molecule has 0 aliphatic carbocycles. The van der Waals surface area contributed by atoms with E-state index in [1.165, 1.54) is 6.92 Å². The summed E-state index contributed by atoms with van der Waals surface area (Å²) in [4.78, 5) is 10.9. The van der Waals surface area contributed by atoms with Crippen molar-refractivity contribution < 1.29 is 9.90 Å². The molecule has 0 aliphatic rings. The first-order valence-corrected chi connectivity index (χ1v) is 4.68. The first kappa shape index (κ1) is 11.3. The summed E-state index contributed by atoms with van der Waals surface area (Å²) >= 11 is 0. The molecule has 0 radical (unpaired) electrons. The number of carboxylic acids is 1. The van der Waals surface area contributed by atoms with E-state index in [0.29, 0.717) is 0 Å². The normalized spacial score (nSPS) is 13.9. The molecule has 0 fully saturated rings. The highest BCUT2D eigenvalue weighted by Gasteiger charge is 2.33. The van der Waals surface area contributed by atoms with Gasteiger partial charge in [0, 0.05) is 6.42 Å². The quantitative estimate of drug-likeness (QED) is 0.818. The number of nitriles is 1. The van der Waals surface area contributed by atoms with Crippen LogP contribution in [-0.4, -0.2) is 11.1 Å². The molecule has 1 aromatic rings. The molecule has 0 amide bonds. The van der Waals surface area contributed by atoms with Crippen LogP contribution in [0.1, 0.15) is 18.1 Å². The number of hydrogen-bond donors (Lipinski definition) is 1. The Labute approximate surface area is 89.0 Å². The largest absolute Gasteiger partial charge is 0.480 e. The molecule has 1 rings (SSSR count). The summed E-state index contributed by atoms with van der Waals surface area (Å²) in [5.74, 6) is -1.08. The zero-order chi connectivity index (χ0) is 11.5. The van der Waals surface area contributed by atoms with Crippen LogP contribution in [0.2, 0.25) is 0 Å². The molecule has 3 nitrogen and oxygen atoms in total. The van der Waals surface area contributed by atoms with E-state index in [-0.39, 0.29) is 6.42 Å². The van der Waals surface area contributed by atoms with Crippen LogP contribution >= 0.6 is 0 Å². The summed E-state index contributed by atoms with van der Waals surface area (Å²) in [6, 6.07) is 9.37. The van der Waals surface area contributed by atoms with E-state index in [9.17, 15) is 4.79 Å². The molecular formula is C12H13NO2. The maximum absolute atomic E-state index is 10.9. The van der Waals surface area contributed by atoms with Gasteiger partial charge < -0.3 is 5.11 Å². The topological polar surface area (TPSA) is 61.1 Å². The third-order valence-corrected chi connectivity index (χ3v) is 2.40. The van der Waals surface area contributed by atoms with Crippen molar-refractivity contribution in [1.29, 1.82) is 5.26 Å². The Hall–Kier alpha value is -1.82. The van der Waals surface area contributed by atoms with Crippen molar-refractivity contribution in [2.45, 2.75) is 20.3 Å². The van der Waals surface area contributed by atoms with Crippen LogP contribution < -0.4 is 0 Å². The molecule has 3 heteroatoms. The lowest BCUT2D eigenvalue weighted by atomic mass is 9.85. The van der Waals surface area contributed by atoms with Gasteiger partial charge in [0.1, 0.15) is 0 Å². The Balaban J connectivity index is 2.90. The number of carbonyl (C=O) groups is 1. The van der Waals surface area contributed by atoms with E-state index in [1.807, 2.05) is 37.3 Å². The van der Waals surface area contributed by atoms with Gasteiger partial charge in [-0.25, -0.2) is 0 Å². The van der Waals surface area contributed by atoms with Crippen LogP contribution in [0.25, 0.3) is 0 Å². The first-order valence-electron chi connectivity index (χ1n) is 4.68. The van der Waals surface area contributed by atoms with Gasteiger partial charge in [0.15, 0.2) is 5.41 Å². The van der Waals surface area contributed by atoms with Crippen LogP contribution in [0.5, 0.6) is 0 Å². The highest BCUT2D eigenvalue weighted by Crippen LogP contribution is 2.22. The molecule has 0 spiro atoms. The molecule has 1 aromatic carbocycles. The molecule has 0 saturated heterocycles. The van der Waals surface area contributed by atoms with Gasteiger partial charge in [0.05, 0.1) is 6.07 Å². The summed E-state index contributed by atoms with van der Waals surface area (Å²) in [6.07, 6.45) is 0.235. The fourth-order valence-corrected chi connectivity index (χ4v) is 1.28. The van der Waals surface area contributed by atoms with Gasteiger partial charge >= 0.3 is 5.97 Å². The van der Waals surface area contributed by atoms with Crippen molar-refractivity contribution in [3.05, 3.63) is 35.4 Å². The second-order valence-electron chi connectivity index (χ2n) is 3.91. The number of aliphatic carboxylic acids is 1. The van der Waals surface area contributed by atoms with Gasteiger partial charge in [-0.1, -0.05) is 29.8 Å². The van der Waals surface area contributed by atoms with Gasteiger partial charge in [-0.15, -0.1) is 0 Å². The van der Waals surface area contributed by atoms with Gasteiger partial charge in [0.2, 0.25) is 0 Å². The van der Waals surface area contributed by atoms with Crippen LogP contribution in [0, 0.1) is 23.7 Å². The molecule has 0 aromatic heterocycles. The Bertz CT molecular complexity index is 403. The number of nitrogens with zero attached hydrogens (tertiary/aromatic N) is 1. The van der Waals surface area contributed by atoms with Gasteiger partial charge in [0.25, 0.3) is 0 Å². The summed E-state index contributed by atoms with van der Waals surface area (Å²) in [6.45, 7) is 3.40. The molecule has 1 atom stereocenters. The standard InChI is InChI=1S/C12H13NO2/c1-9-3-5-10(6-4-9)7-12(2,8-13)11(14)15/h3-6H,7H2,1-2H3,(H,14,15). The molecule has 0 bridgehead atoms. The van der Waals surface area contributed by atoms with Crippen molar-refractivity contribution in [3.63, 3.8) is 0 Å². The van der Waals surface area contributed by atoms with E-state index in [1.54, 1.807) is 0 Å². The van der Waals surface area contributed by atoms with Crippen molar-refractivity contribution in [2.24, 2.45) is 5.41 Å². The fraction of sp³-hybridized carbons (Fsp3) is 0.333. The van der Waals surface area contributed by atoms with Gasteiger partial charge in [-0.2, -0.15) is 5.26 Å². The Morgan fingerprint density at radius 1 is 1.47 bits per heavy atom. The van der Waals surface area contributed by atoms with E-state index in [0.717, 1.165) is 11.1 Å². The maximum Gasteiger partial charge on any atom is 0.324 e. The SMILES string of the molecule is Cc1ccc(CC(C)(C#N)C(=O)O)cc1. The second-order valence-corrected chi connectivity index (χ2v) is 3.91. The van der Waals surface area contributed by atoms with Crippen molar-refractivity contribution >= 4 is 5.97 Å². The minimum Gasteiger partial charge on any atom is -0.480 e. The van der Waals surface area contributed by atoms with E-state index in [4.69, 9.17) is 10.4 Å². The van der Waals surface area contributed by atoms with E-state index >= 15 is 0 Å². The zero-order valence-corrected chi connectivity index (χ0v) is 8.82. The average molecular weight is 203 g/mol. The lowest BCUT2D eigenvalue weighted by Crippen LogP contribution is -2.28. The number of carboxylic acid groups (broad SMARTS) is 1. The highest BCUT2D eigenvalue weighted by atomic mass is 16.4. The lowest BCUT2D eigenvalue weighted by molar-refractivity contribution is -0.144. The molecule has 0 heterocycles. The molecule has 1 N–H and O–H groups in total. The van der Waals surface area contributed by atoms with E-state index in [2.05, 4.69) is 0 Å². The predicted octanol–water partition coefficient (Wildman–Crippen LogP) is 2.15. The van der Waals surface area contributed by atoms with Crippen LogP contribution in [0.4, 0.5) is 0 Å². The van der Waals surface area contributed by atoms with Gasteiger partial charge in [-0.3, -0.25) is 4.79 Å². The lowest BCUT2D eigenvalue weighted by Gasteiger charge is -2.15. The van der Waals surface area contributed by atoms with Crippen molar-refractivity contribution in [1.82, 2.24) is 0 Å². The monoisotopic (exact) mass is 203 g/mol. The number of rotatable bonds is 3. The van der Waals surface area contributed by atoms with Crippen LogP contribution in [0.15, 0.2) is 24.3 Å². The number of aryl methyl sites for hydroxylation is 1. The third-order valence-electron chi connectivity index (χ3n) is 2.40. The van der Waals surface area contributed by atoms with Crippen LogP contribution in [0.3, 0.4) is 0 Å². The van der Waals surface area contributed by atoms with Crippen molar-refractivity contribution in [2.75, 3.05) is 0 Å². The van der Waals surface area contributed by atoms with Crippen molar-refractivity contribution in [3.8, 4) is 6.07 Å². The average Bonchev–Trinajstić information content (AvgIpc) is 2.21. The maximum atomic E-state index is 10.9. The molecule has 15 heavy (non-hydrogen) atoms. The first-order chi connectivity index (χ1) is 6.98. The summed E-state index contributed by atoms with van der Waals surface area (Å²) in [5, 5.41) is 17.8. The number of benzene rings is 1. The third kappa shape index (κ3) is 2.57. The molecule has 0 aliphatic heterocycles. The fourth-order valence-electron chi connectivity index (χ4n) is 1.28. The minimum atomic E-state index is -1.34. The van der Waals surface area contributed by atoms with E-state index < -0.39 is 11.4 Å². The Morgan fingerprint density at radius 3 is 2.40 bits per heavy atom. The number of hydrogen-bond acceptors (Lipinski definition) is 2. The van der Waals surface area contributed by atoms with Gasteiger partial charge in [-0.05, 0) is 19.4 Å². The zero-order valence-electron chi connectivity index (χ0n) is 8.82. The highest BCUT2D eigenvalue weighted by molar-refractivity contribution is 5.77. The summed E-state index contributed by atoms with van der Waals surface area (Å²) < 4.78 is 0. The smallest absolute Gasteiger partial charge is 0.324 e. The Morgan fingerprint density at radius 2 is 2.00 bits per heavy atom. The molecule has 0 saturated carbocycles. The molecular weight excluding hydrogens is 190 g/mol. The molecule has 1 unspecified atom stereocenters. The van der Waals surface area contributed by atoms with Crippen LogP contribution in [-0.2, 0) is 11.2 Å². The Kier molecular flexibility index (Phi) is 3.11. The second kappa shape index (κ2) is 4.14.